The highest BCUT2D eigenvalue weighted by Crippen LogP contribution is 2.46. The average molecular weight is 458 g/mol. The summed E-state index contributed by atoms with van der Waals surface area (Å²) < 4.78 is 25.2. The molecule has 0 bridgehead atoms. The van der Waals surface area contributed by atoms with E-state index in [1.807, 2.05) is 0 Å². The van der Waals surface area contributed by atoms with E-state index in [0.717, 1.165) is 25.5 Å². The maximum Gasteiger partial charge on any atom is 0.214 e. The molecule has 0 aliphatic carbocycles. The zero-order chi connectivity index (χ0) is 16.6. The van der Waals surface area contributed by atoms with Gasteiger partial charge in [0.05, 0.1) is 12.3 Å². The second kappa shape index (κ2) is 7.43. The molecule has 2 aliphatic rings. The molecule has 136 valence electrons. The SMILES string of the molecule is CCNC(=NCCN1CCCS1(=O)=O)N1CC(C)(C)C1(C)C.I. The minimum atomic E-state index is -3.02. The van der Waals surface area contributed by atoms with E-state index >= 15 is 0 Å². The van der Waals surface area contributed by atoms with Crippen LogP contribution in [0.15, 0.2) is 4.99 Å². The van der Waals surface area contributed by atoms with Crippen molar-refractivity contribution in [3.8, 4) is 0 Å². The van der Waals surface area contributed by atoms with Crippen molar-refractivity contribution in [3.05, 3.63) is 0 Å². The highest BCUT2D eigenvalue weighted by atomic mass is 127. The van der Waals surface area contributed by atoms with Crippen molar-refractivity contribution in [2.45, 2.75) is 46.6 Å². The van der Waals surface area contributed by atoms with E-state index in [-0.39, 0.29) is 40.7 Å². The minimum absolute atomic E-state index is 0. The van der Waals surface area contributed by atoms with E-state index in [0.29, 0.717) is 19.6 Å². The number of nitrogens with zero attached hydrogens (tertiary/aromatic N) is 3. The van der Waals surface area contributed by atoms with Gasteiger partial charge in [0, 0.05) is 37.1 Å². The van der Waals surface area contributed by atoms with E-state index in [1.54, 1.807) is 4.31 Å². The van der Waals surface area contributed by atoms with Crippen LogP contribution in [-0.4, -0.2) is 67.6 Å². The summed E-state index contributed by atoms with van der Waals surface area (Å²) >= 11 is 0. The van der Waals surface area contributed by atoms with Gasteiger partial charge in [0.1, 0.15) is 0 Å². The second-order valence-electron chi connectivity index (χ2n) is 7.33. The van der Waals surface area contributed by atoms with Crippen molar-refractivity contribution < 1.29 is 8.42 Å². The Morgan fingerprint density at radius 3 is 2.35 bits per heavy atom. The molecule has 2 fully saturated rings. The van der Waals surface area contributed by atoms with Gasteiger partial charge in [0.15, 0.2) is 5.96 Å². The first-order valence-electron chi connectivity index (χ1n) is 8.15. The van der Waals surface area contributed by atoms with Gasteiger partial charge < -0.3 is 10.2 Å². The van der Waals surface area contributed by atoms with Crippen LogP contribution < -0.4 is 5.32 Å². The first-order chi connectivity index (χ1) is 10.1. The highest BCUT2D eigenvalue weighted by molar-refractivity contribution is 14.0. The molecule has 0 saturated carbocycles. The third-order valence-corrected chi connectivity index (χ3v) is 7.25. The Bertz CT molecular complexity index is 546. The fourth-order valence-electron chi connectivity index (χ4n) is 3.00. The smallest absolute Gasteiger partial charge is 0.214 e. The number of hydrogen-bond donors (Lipinski definition) is 1. The molecule has 0 spiro atoms. The van der Waals surface area contributed by atoms with Crippen LogP contribution in [0.5, 0.6) is 0 Å². The summed E-state index contributed by atoms with van der Waals surface area (Å²) in [5.74, 6) is 1.17. The Morgan fingerprint density at radius 1 is 1.26 bits per heavy atom. The number of hydrogen-bond acceptors (Lipinski definition) is 3. The lowest BCUT2D eigenvalue weighted by atomic mass is 9.65. The Morgan fingerprint density at radius 2 is 1.91 bits per heavy atom. The number of guanidine groups is 1. The second-order valence-corrected chi connectivity index (χ2v) is 9.42. The number of nitrogens with one attached hydrogen (secondary N) is 1. The standard InChI is InChI=1S/C15H30N4O2S.HI/c1-6-16-13(19-12-14(2,3)15(19,4)5)17-8-10-18-9-7-11-22(18,20)21;/h6-12H2,1-5H3,(H,16,17);1H. The lowest BCUT2D eigenvalue weighted by Crippen LogP contribution is -2.72. The number of aliphatic imine (C=N–C) groups is 1. The molecule has 0 unspecified atom stereocenters. The fraction of sp³-hybridized carbons (Fsp3) is 0.933. The van der Waals surface area contributed by atoms with Crippen LogP contribution in [0.3, 0.4) is 0 Å². The van der Waals surface area contributed by atoms with Gasteiger partial charge >= 0.3 is 0 Å². The summed E-state index contributed by atoms with van der Waals surface area (Å²) in [6.45, 7) is 14.5. The van der Waals surface area contributed by atoms with Crippen LogP contribution in [0.2, 0.25) is 0 Å². The molecule has 0 atom stereocenters. The molecule has 2 rings (SSSR count). The molecular formula is C15H31IN4O2S. The third kappa shape index (κ3) is 4.12. The highest BCUT2D eigenvalue weighted by Gasteiger charge is 2.53. The fourth-order valence-corrected chi connectivity index (χ4v) is 4.52. The zero-order valence-corrected chi connectivity index (χ0v) is 18.1. The lowest BCUT2D eigenvalue weighted by molar-refractivity contribution is -0.0667. The minimum Gasteiger partial charge on any atom is -0.356 e. The van der Waals surface area contributed by atoms with Crippen LogP contribution in [-0.2, 0) is 10.0 Å². The Hall–Kier alpha value is -0.0900. The van der Waals surface area contributed by atoms with Gasteiger partial charge in [-0.25, -0.2) is 12.7 Å². The molecule has 0 aromatic rings. The van der Waals surface area contributed by atoms with E-state index < -0.39 is 10.0 Å². The van der Waals surface area contributed by atoms with Crippen LogP contribution in [0.1, 0.15) is 41.0 Å². The number of rotatable bonds is 4. The predicted octanol–water partition coefficient (Wildman–Crippen LogP) is 1.73. The van der Waals surface area contributed by atoms with Gasteiger partial charge in [0.25, 0.3) is 0 Å². The number of likely N-dealkylation sites (tertiary alicyclic amines) is 1. The quantitative estimate of drug-likeness (QED) is 0.396. The molecule has 0 amide bonds. The van der Waals surface area contributed by atoms with Crippen molar-refractivity contribution in [2.24, 2.45) is 10.4 Å². The predicted molar refractivity (Wildman–Crippen MR) is 106 cm³/mol. The first kappa shape index (κ1) is 21.0. The monoisotopic (exact) mass is 458 g/mol. The zero-order valence-electron chi connectivity index (χ0n) is 14.9. The van der Waals surface area contributed by atoms with Crippen molar-refractivity contribution in [1.82, 2.24) is 14.5 Å². The summed E-state index contributed by atoms with van der Waals surface area (Å²) in [6, 6.07) is 0. The van der Waals surface area contributed by atoms with Gasteiger partial charge in [-0.05, 0) is 27.2 Å². The maximum absolute atomic E-state index is 11.8. The molecule has 0 aromatic heterocycles. The maximum atomic E-state index is 11.8. The Labute approximate surface area is 158 Å². The van der Waals surface area contributed by atoms with E-state index in [9.17, 15) is 8.42 Å². The summed E-state index contributed by atoms with van der Waals surface area (Å²) in [6.07, 6.45) is 0.736. The van der Waals surface area contributed by atoms with Gasteiger partial charge in [0.2, 0.25) is 10.0 Å². The van der Waals surface area contributed by atoms with Gasteiger partial charge in [-0.15, -0.1) is 24.0 Å². The Balaban J connectivity index is 0.00000264. The van der Waals surface area contributed by atoms with E-state index in [1.165, 1.54) is 0 Å². The number of sulfonamides is 1. The van der Waals surface area contributed by atoms with Crippen molar-refractivity contribution in [2.75, 3.05) is 38.5 Å². The summed E-state index contributed by atoms with van der Waals surface area (Å²) in [5, 5.41) is 3.33. The largest absolute Gasteiger partial charge is 0.356 e. The molecule has 2 aliphatic heterocycles. The van der Waals surface area contributed by atoms with Gasteiger partial charge in [-0.1, -0.05) is 13.8 Å². The third-order valence-electron chi connectivity index (χ3n) is 5.29. The van der Waals surface area contributed by atoms with Crippen molar-refractivity contribution >= 4 is 40.0 Å². The summed E-state index contributed by atoms with van der Waals surface area (Å²) in [7, 11) is -3.02. The molecule has 8 heteroatoms. The molecule has 1 N–H and O–H groups in total. The molecule has 23 heavy (non-hydrogen) atoms. The lowest BCUT2D eigenvalue weighted by Gasteiger charge is -2.62. The van der Waals surface area contributed by atoms with Gasteiger partial charge in [-0.3, -0.25) is 4.99 Å². The van der Waals surface area contributed by atoms with Gasteiger partial charge in [-0.2, -0.15) is 0 Å². The van der Waals surface area contributed by atoms with Crippen molar-refractivity contribution in [1.29, 1.82) is 0 Å². The molecule has 0 aromatic carbocycles. The van der Waals surface area contributed by atoms with E-state index in [2.05, 4.69) is 49.8 Å². The summed E-state index contributed by atoms with van der Waals surface area (Å²) in [4.78, 5) is 6.94. The molecule has 2 heterocycles. The molecular weight excluding hydrogens is 427 g/mol. The Kier molecular flexibility index (Phi) is 6.77. The molecule has 0 radical (unpaired) electrons. The van der Waals surface area contributed by atoms with Crippen LogP contribution in [0, 0.1) is 5.41 Å². The number of halogens is 1. The normalized spacial score (nSPS) is 25.6. The van der Waals surface area contributed by atoms with E-state index in [4.69, 9.17) is 0 Å². The van der Waals surface area contributed by atoms with Crippen LogP contribution >= 0.6 is 24.0 Å². The molecule has 2 saturated heterocycles. The average Bonchev–Trinajstić information content (AvgIpc) is 2.74. The van der Waals surface area contributed by atoms with Crippen molar-refractivity contribution in [3.63, 3.8) is 0 Å². The first-order valence-corrected chi connectivity index (χ1v) is 9.76. The van der Waals surface area contributed by atoms with Crippen LogP contribution in [0.25, 0.3) is 0 Å². The van der Waals surface area contributed by atoms with Crippen LogP contribution in [0.4, 0.5) is 0 Å². The summed E-state index contributed by atoms with van der Waals surface area (Å²) in [5.41, 5.74) is 0.301. The molecule has 6 nitrogen and oxygen atoms in total. The topological polar surface area (TPSA) is 65.0 Å².